The highest BCUT2D eigenvalue weighted by Gasteiger charge is 2.35. The molecule has 1 atom stereocenters. The van der Waals surface area contributed by atoms with Gasteiger partial charge < -0.3 is 5.73 Å². The Balaban J connectivity index is 1.99. The highest BCUT2D eigenvalue weighted by Crippen LogP contribution is 2.40. The molecule has 0 amide bonds. The van der Waals surface area contributed by atoms with E-state index in [2.05, 4.69) is 44.2 Å². The van der Waals surface area contributed by atoms with Gasteiger partial charge in [-0.3, -0.25) is 0 Å². The summed E-state index contributed by atoms with van der Waals surface area (Å²) in [6.45, 7) is 4.56. The zero-order chi connectivity index (χ0) is 12.3. The smallest absolute Gasteiger partial charge is 0.0180 e. The summed E-state index contributed by atoms with van der Waals surface area (Å²) in [4.78, 5) is 0. The molecule has 1 heteroatoms. The Kier molecular flexibility index (Phi) is 3.88. The van der Waals surface area contributed by atoms with Crippen LogP contribution in [0.25, 0.3) is 0 Å². The van der Waals surface area contributed by atoms with E-state index in [0.29, 0.717) is 5.92 Å². The third-order valence-electron chi connectivity index (χ3n) is 4.78. The first-order valence-electron chi connectivity index (χ1n) is 6.99. The fraction of sp³-hybridized carbons (Fsp3) is 0.625. The topological polar surface area (TPSA) is 26.0 Å². The van der Waals surface area contributed by atoms with Gasteiger partial charge in [0.1, 0.15) is 0 Å². The van der Waals surface area contributed by atoms with Crippen molar-refractivity contribution in [3.05, 3.63) is 35.9 Å². The van der Waals surface area contributed by atoms with Crippen molar-refractivity contribution in [3.63, 3.8) is 0 Å². The molecule has 1 nitrogen and oxygen atoms in total. The van der Waals surface area contributed by atoms with E-state index in [0.717, 1.165) is 5.92 Å². The van der Waals surface area contributed by atoms with Crippen LogP contribution in [-0.4, -0.2) is 5.54 Å². The molecule has 1 unspecified atom stereocenters. The Morgan fingerprint density at radius 1 is 1.24 bits per heavy atom. The average Bonchev–Trinajstić information content (AvgIpc) is 2.39. The molecule has 1 saturated carbocycles. The van der Waals surface area contributed by atoms with Crippen molar-refractivity contribution in [2.45, 2.75) is 57.4 Å². The molecule has 0 aromatic heterocycles. The largest absolute Gasteiger partial charge is 0.325 e. The molecular weight excluding hydrogens is 206 g/mol. The molecule has 0 bridgehead atoms. The van der Waals surface area contributed by atoms with Crippen LogP contribution in [0.1, 0.15) is 57.4 Å². The van der Waals surface area contributed by atoms with Gasteiger partial charge in [0.25, 0.3) is 0 Å². The van der Waals surface area contributed by atoms with Crippen molar-refractivity contribution in [2.75, 3.05) is 0 Å². The minimum Gasteiger partial charge on any atom is -0.325 e. The summed E-state index contributed by atoms with van der Waals surface area (Å²) in [6, 6.07) is 10.9. The van der Waals surface area contributed by atoms with E-state index >= 15 is 0 Å². The van der Waals surface area contributed by atoms with Crippen LogP contribution in [0.4, 0.5) is 0 Å². The number of rotatable bonds is 3. The predicted octanol–water partition coefficient (Wildman–Crippen LogP) is 4.09. The molecule has 1 aromatic rings. The Bertz CT molecular complexity index is 336. The Hall–Kier alpha value is -0.820. The molecule has 0 aliphatic heterocycles. The first kappa shape index (κ1) is 12.6. The van der Waals surface area contributed by atoms with Gasteiger partial charge in [0, 0.05) is 5.54 Å². The highest BCUT2D eigenvalue weighted by molar-refractivity contribution is 5.20. The summed E-state index contributed by atoms with van der Waals surface area (Å²) in [5.41, 5.74) is 8.15. The second-order valence-corrected chi connectivity index (χ2v) is 5.73. The van der Waals surface area contributed by atoms with Gasteiger partial charge in [-0.15, -0.1) is 0 Å². The molecule has 0 saturated heterocycles. The molecule has 0 radical (unpaired) electrons. The van der Waals surface area contributed by atoms with Crippen molar-refractivity contribution in [2.24, 2.45) is 11.7 Å². The van der Waals surface area contributed by atoms with Crippen LogP contribution >= 0.6 is 0 Å². The maximum absolute atomic E-state index is 6.55. The third kappa shape index (κ3) is 2.71. The zero-order valence-corrected chi connectivity index (χ0v) is 11.2. The van der Waals surface area contributed by atoms with Crippen molar-refractivity contribution in [1.29, 1.82) is 0 Å². The molecule has 2 N–H and O–H groups in total. The van der Waals surface area contributed by atoms with Gasteiger partial charge in [0.15, 0.2) is 0 Å². The molecule has 1 aromatic carbocycles. The van der Waals surface area contributed by atoms with E-state index in [1.54, 1.807) is 0 Å². The summed E-state index contributed by atoms with van der Waals surface area (Å²) < 4.78 is 0. The van der Waals surface area contributed by atoms with Crippen LogP contribution in [-0.2, 0) is 0 Å². The quantitative estimate of drug-likeness (QED) is 0.833. The van der Waals surface area contributed by atoms with E-state index in [1.165, 1.54) is 37.7 Å². The van der Waals surface area contributed by atoms with Crippen LogP contribution in [0.3, 0.4) is 0 Å². The summed E-state index contributed by atoms with van der Waals surface area (Å²) in [7, 11) is 0. The molecule has 1 aliphatic carbocycles. The Labute approximate surface area is 105 Å². The first-order valence-corrected chi connectivity index (χ1v) is 6.99. The first-order chi connectivity index (χ1) is 8.15. The minimum absolute atomic E-state index is 0.0973. The number of hydrogen-bond acceptors (Lipinski definition) is 1. The van der Waals surface area contributed by atoms with E-state index < -0.39 is 0 Å². The summed E-state index contributed by atoms with van der Waals surface area (Å²) in [5, 5.41) is 0. The molecule has 1 fully saturated rings. The Morgan fingerprint density at radius 2 is 1.82 bits per heavy atom. The van der Waals surface area contributed by atoms with Crippen LogP contribution in [0.2, 0.25) is 0 Å². The second kappa shape index (κ2) is 5.22. The summed E-state index contributed by atoms with van der Waals surface area (Å²) >= 11 is 0. The van der Waals surface area contributed by atoms with Crippen molar-refractivity contribution in [3.8, 4) is 0 Å². The van der Waals surface area contributed by atoms with Gasteiger partial charge >= 0.3 is 0 Å². The van der Waals surface area contributed by atoms with Gasteiger partial charge in [-0.25, -0.2) is 0 Å². The normalized spacial score (nSPS) is 31.1. The van der Waals surface area contributed by atoms with Crippen LogP contribution in [0.15, 0.2) is 30.3 Å². The molecule has 2 rings (SSSR count). The SMILES string of the molecule is CCC(C)C1(N)CCC(c2ccccc2)CC1. The van der Waals surface area contributed by atoms with Crippen molar-refractivity contribution >= 4 is 0 Å². The van der Waals surface area contributed by atoms with Crippen LogP contribution in [0.5, 0.6) is 0 Å². The summed E-state index contributed by atoms with van der Waals surface area (Å²) in [6.07, 6.45) is 6.07. The van der Waals surface area contributed by atoms with Gasteiger partial charge in [-0.05, 0) is 43.1 Å². The Morgan fingerprint density at radius 3 is 2.35 bits per heavy atom. The van der Waals surface area contributed by atoms with Crippen molar-refractivity contribution < 1.29 is 0 Å². The standard InChI is InChI=1S/C16H25N/c1-3-13(2)16(17)11-9-15(10-12-16)14-7-5-4-6-8-14/h4-8,13,15H,3,9-12,17H2,1-2H3. The zero-order valence-electron chi connectivity index (χ0n) is 11.2. The van der Waals surface area contributed by atoms with Gasteiger partial charge in [0.05, 0.1) is 0 Å². The lowest BCUT2D eigenvalue weighted by Gasteiger charge is -2.41. The molecule has 0 spiro atoms. The monoisotopic (exact) mass is 231 g/mol. The fourth-order valence-electron chi connectivity index (χ4n) is 3.11. The highest BCUT2D eigenvalue weighted by atomic mass is 14.8. The minimum atomic E-state index is 0.0973. The lowest BCUT2D eigenvalue weighted by molar-refractivity contribution is 0.191. The third-order valence-corrected chi connectivity index (χ3v) is 4.78. The lowest BCUT2D eigenvalue weighted by Crippen LogP contribution is -2.48. The van der Waals surface area contributed by atoms with Crippen LogP contribution in [0, 0.1) is 5.92 Å². The van der Waals surface area contributed by atoms with E-state index in [-0.39, 0.29) is 5.54 Å². The molecule has 17 heavy (non-hydrogen) atoms. The summed E-state index contributed by atoms with van der Waals surface area (Å²) in [5.74, 6) is 1.39. The van der Waals surface area contributed by atoms with E-state index in [9.17, 15) is 0 Å². The molecule has 0 heterocycles. The maximum atomic E-state index is 6.55. The second-order valence-electron chi connectivity index (χ2n) is 5.73. The fourth-order valence-corrected chi connectivity index (χ4v) is 3.11. The van der Waals surface area contributed by atoms with Crippen LogP contribution < -0.4 is 5.73 Å². The van der Waals surface area contributed by atoms with E-state index in [1.807, 2.05) is 0 Å². The van der Waals surface area contributed by atoms with Gasteiger partial charge in [0.2, 0.25) is 0 Å². The van der Waals surface area contributed by atoms with Crippen molar-refractivity contribution in [1.82, 2.24) is 0 Å². The van der Waals surface area contributed by atoms with E-state index in [4.69, 9.17) is 5.73 Å². The number of benzene rings is 1. The predicted molar refractivity (Wildman–Crippen MR) is 74.0 cm³/mol. The maximum Gasteiger partial charge on any atom is 0.0180 e. The molecule has 1 aliphatic rings. The number of hydrogen-bond donors (Lipinski definition) is 1. The molecular formula is C16H25N. The van der Waals surface area contributed by atoms with Gasteiger partial charge in [-0.1, -0.05) is 50.6 Å². The lowest BCUT2D eigenvalue weighted by atomic mass is 9.69. The van der Waals surface area contributed by atoms with Gasteiger partial charge in [-0.2, -0.15) is 0 Å². The molecule has 94 valence electrons. The average molecular weight is 231 g/mol. The number of nitrogens with two attached hydrogens (primary N) is 1.